The number of hydrogen-bond acceptors (Lipinski definition) is 5. The smallest absolute Gasteiger partial charge is 0.274 e. The number of quaternary nitrogens is 1. The van der Waals surface area contributed by atoms with Gasteiger partial charge in [0.15, 0.2) is 5.69 Å². The first kappa shape index (κ1) is 21.0. The number of hydrogen-bond donors (Lipinski definition) is 2. The molecule has 1 saturated heterocycles. The van der Waals surface area contributed by atoms with Crippen LogP contribution >= 0.6 is 0 Å². The summed E-state index contributed by atoms with van der Waals surface area (Å²) in [7, 11) is 3.20. The van der Waals surface area contributed by atoms with Crippen molar-refractivity contribution in [2.24, 2.45) is 7.05 Å². The van der Waals surface area contributed by atoms with E-state index in [1.54, 1.807) is 38.4 Å². The largest absolute Gasteiger partial charge is 0.497 e. The number of fused-ring (bicyclic) bond motifs is 1. The van der Waals surface area contributed by atoms with Gasteiger partial charge in [0.2, 0.25) is 0 Å². The molecule has 0 unspecified atom stereocenters. The number of aromatic nitrogens is 2. The summed E-state index contributed by atoms with van der Waals surface area (Å²) < 4.78 is 12.0. The lowest BCUT2D eigenvalue weighted by Crippen LogP contribution is -3.15. The summed E-state index contributed by atoms with van der Waals surface area (Å²) in [4.78, 5) is 26.8. The minimum Gasteiger partial charge on any atom is -0.497 e. The minimum absolute atomic E-state index is 0.0672. The Kier molecular flexibility index (Phi) is 6.29. The van der Waals surface area contributed by atoms with Crippen molar-refractivity contribution in [3.05, 3.63) is 70.1 Å². The van der Waals surface area contributed by atoms with Crippen LogP contribution in [0.15, 0.2) is 53.3 Å². The normalized spacial score (nSPS) is 15.5. The number of morpholine rings is 1. The summed E-state index contributed by atoms with van der Waals surface area (Å²) in [6.07, 6.45) is 0. The lowest BCUT2D eigenvalue weighted by atomic mass is 10.0. The molecule has 8 nitrogen and oxygen atoms in total. The van der Waals surface area contributed by atoms with Gasteiger partial charge in [0.1, 0.15) is 24.9 Å². The van der Waals surface area contributed by atoms with Crippen molar-refractivity contribution in [2.75, 3.05) is 40.0 Å². The number of methoxy groups -OCH3 is 1. The molecule has 0 spiro atoms. The zero-order valence-electron chi connectivity index (χ0n) is 17.8. The highest BCUT2D eigenvalue weighted by Gasteiger charge is 2.27. The fourth-order valence-corrected chi connectivity index (χ4v) is 4.06. The van der Waals surface area contributed by atoms with Crippen LogP contribution in [0, 0.1) is 0 Å². The van der Waals surface area contributed by atoms with Crippen molar-refractivity contribution < 1.29 is 19.2 Å². The topological polar surface area (TPSA) is 86.9 Å². The number of carbonyl (C=O) groups is 1. The summed E-state index contributed by atoms with van der Waals surface area (Å²) in [5, 5.41) is 8.33. The van der Waals surface area contributed by atoms with Crippen LogP contribution in [0.1, 0.15) is 22.1 Å². The van der Waals surface area contributed by atoms with Crippen LogP contribution in [0.25, 0.3) is 10.8 Å². The van der Waals surface area contributed by atoms with E-state index in [-0.39, 0.29) is 23.2 Å². The highest BCUT2D eigenvalue weighted by atomic mass is 16.5. The molecule has 3 aromatic rings. The predicted octanol–water partition coefficient (Wildman–Crippen LogP) is 0.328. The van der Waals surface area contributed by atoms with E-state index in [0.29, 0.717) is 30.5 Å². The van der Waals surface area contributed by atoms with E-state index in [1.807, 2.05) is 24.3 Å². The zero-order valence-corrected chi connectivity index (χ0v) is 17.8. The number of ether oxygens (including phenoxy) is 2. The van der Waals surface area contributed by atoms with Crippen LogP contribution in [0.5, 0.6) is 5.75 Å². The summed E-state index contributed by atoms with van der Waals surface area (Å²) >= 11 is 0. The van der Waals surface area contributed by atoms with Gasteiger partial charge in [-0.2, -0.15) is 5.10 Å². The fraction of sp³-hybridized carbons (Fsp3) is 0.348. The van der Waals surface area contributed by atoms with Crippen molar-refractivity contribution in [1.82, 2.24) is 15.1 Å². The van der Waals surface area contributed by atoms with Gasteiger partial charge >= 0.3 is 0 Å². The maximum absolute atomic E-state index is 13.1. The average molecular weight is 423 g/mol. The highest BCUT2D eigenvalue weighted by molar-refractivity contribution is 6.04. The predicted molar refractivity (Wildman–Crippen MR) is 117 cm³/mol. The van der Waals surface area contributed by atoms with E-state index >= 15 is 0 Å². The molecule has 2 N–H and O–H groups in total. The van der Waals surface area contributed by atoms with E-state index in [2.05, 4.69) is 10.4 Å². The van der Waals surface area contributed by atoms with Gasteiger partial charge in [0.25, 0.3) is 11.5 Å². The van der Waals surface area contributed by atoms with E-state index in [1.165, 1.54) is 9.58 Å². The third kappa shape index (κ3) is 4.45. The van der Waals surface area contributed by atoms with Gasteiger partial charge in [-0.25, -0.2) is 4.68 Å². The molecule has 0 radical (unpaired) electrons. The van der Waals surface area contributed by atoms with E-state index in [4.69, 9.17) is 9.47 Å². The highest BCUT2D eigenvalue weighted by Crippen LogP contribution is 2.17. The average Bonchev–Trinajstić information content (AvgIpc) is 2.82. The van der Waals surface area contributed by atoms with Crippen molar-refractivity contribution in [3.8, 4) is 5.75 Å². The number of rotatable bonds is 6. The molecule has 2 aromatic carbocycles. The van der Waals surface area contributed by atoms with Crippen LogP contribution in [0.4, 0.5) is 0 Å². The second-order valence-corrected chi connectivity index (χ2v) is 7.63. The Morgan fingerprint density at radius 1 is 1.16 bits per heavy atom. The van der Waals surface area contributed by atoms with Gasteiger partial charge < -0.3 is 19.7 Å². The molecule has 1 aliphatic rings. The third-order valence-electron chi connectivity index (χ3n) is 5.78. The molecule has 0 aliphatic carbocycles. The van der Waals surface area contributed by atoms with Crippen molar-refractivity contribution in [2.45, 2.75) is 6.04 Å². The number of aryl methyl sites for hydroxylation is 1. The maximum Gasteiger partial charge on any atom is 0.274 e. The number of amides is 1. The summed E-state index contributed by atoms with van der Waals surface area (Å²) in [6, 6.07) is 15.1. The molecule has 2 heterocycles. The minimum atomic E-state index is -0.294. The summed E-state index contributed by atoms with van der Waals surface area (Å²) in [5.41, 5.74) is 1.15. The first-order valence-electron chi connectivity index (χ1n) is 10.4. The standard InChI is InChI=1S/C23H26N4O4/c1-26-23(29)19-6-4-3-5-18(19)21(25-26)22(28)24-15-20(27-11-13-31-14-12-27)16-7-9-17(30-2)10-8-16/h3-10,20H,11-15H2,1-2H3,(H,24,28)/p+1/t20-/m0/s1. The Morgan fingerprint density at radius 3 is 2.52 bits per heavy atom. The number of carbonyl (C=O) groups excluding carboxylic acids is 1. The quantitative estimate of drug-likeness (QED) is 0.597. The lowest BCUT2D eigenvalue weighted by Gasteiger charge is -2.32. The van der Waals surface area contributed by atoms with Crippen LogP contribution in [-0.2, 0) is 11.8 Å². The molecule has 8 heteroatoms. The van der Waals surface area contributed by atoms with Gasteiger partial charge in [-0.3, -0.25) is 9.59 Å². The number of nitrogens with one attached hydrogen (secondary N) is 2. The molecule has 1 fully saturated rings. The Hall–Kier alpha value is -3.23. The molecule has 0 bridgehead atoms. The van der Waals surface area contributed by atoms with Crippen molar-refractivity contribution >= 4 is 16.7 Å². The molecule has 4 rings (SSSR count). The Balaban J connectivity index is 1.59. The molecule has 1 aliphatic heterocycles. The number of benzene rings is 2. The molecule has 162 valence electrons. The van der Waals surface area contributed by atoms with Crippen LogP contribution in [-0.4, -0.2) is 55.6 Å². The lowest BCUT2D eigenvalue weighted by molar-refractivity contribution is -0.937. The second-order valence-electron chi connectivity index (χ2n) is 7.63. The Morgan fingerprint density at radius 2 is 1.84 bits per heavy atom. The molecule has 1 aromatic heterocycles. The van der Waals surface area contributed by atoms with Gasteiger partial charge in [0, 0.05) is 18.0 Å². The zero-order chi connectivity index (χ0) is 21.8. The van der Waals surface area contributed by atoms with Gasteiger partial charge in [-0.1, -0.05) is 18.2 Å². The first-order chi connectivity index (χ1) is 15.1. The monoisotopic (exact) mass is 423 g/mol. The molecule has 1 amide bonds. The van der Waals surface area contributed by atoms with Crippen LogP contribution < -0.4 is 20.5 Å². The Labute approximate surface area is 180 Å². The van der Waals surface area contributed by atoms with E-state index in [0.717, 1.165) is 24.4 Å². The third-order valence-corrected chi connectivity index (χ3v) is 5.78. The van der Waals surface area contributed by atoms with Crippen LogP contribution in [0.3, 0.4) is 0 Å². The second kappa shape index (κ2) is 9.28. The van der Waals surface area contributed by atoms with Gasteiger partial charge in [0.05, 0.1) is 32.3 Å². The van der Waals surface area contributed by atoms with E-state index < -0.39 is 0 Å². The first-order valence-corrected chi connectivity index (χ1v) is 10.4. The molecular formula is C23H27N4O4+. The van der Waals surface area contributed by atoms with Crippen molar-refractivity contribution in [3.63, 3.8) is 0 Å². The van der Waals surface area contributed by atoms with Crippen LogP contribution in [0.2, 0.25) is 0 Å². The van der Waals surface area contributed by atoms with Crippen molar-refractivity contribution in [1.29, 1.82) is 0 Å². The fourth-order valence-electron chi connectivity index (χ4n) is 4.06. The summed E-state index contributed by atoms with van der Waals surface area (Å²) in [5.74, 6) is 0.502. The number of nitrogens with zero attached hydrogens (tertiary/aromatic N) is 2. The SMILES string of the molecule is COc1ccc([C@H](CNC(=O)c2nn(C)c(=O)c3ccccc23)[NH+]2CCOCC2)cc1. The molecule has 0 saturated carbocycles. The summed E-state index contributed by atoms with van der Waals surface area (Å²) in [6.45, 7) is 3.58. The Bertz CT molecular complexity index is 1120. The molecule has 31 heavy (non-hydrogen) atoms. The van der Waals surface area contributed by atoms with Gasteiger partial charge in [-0.15, -0.1) is 0 Å². The molecular weight excluding hydrogens is 396 g/mol. The molecule has 1 atom stereocenters. The van der Waals surface area contributed by atoms with Gasteiger partial charge in [-0.05, 0) is 30.3 Å². The van der Waals surface area contributed by atoms with E-state index in [9.17, 15) is 9.59 Å². The maximum atomic E-state index is 13.1.